The molecule has 0 spiro atoms. The fourth-order valence-electron chi connectivity index (χ4n) is 1.36. The van der Waals surface area contributed by atoms with Crippen molar-refractivity contribution in [1.82, 2.24) is 0 Å². The fraction of sp³-hybridized carbons (Fsp3) is 0.500. The first-order chi connectivity index (χ1) is 7.27. The van der Waals surface area contributed by atoms with Gasteiger partial charge in [-0.15, -0.1) is 0 Å². The minimum absolute atomic E-state index is 0.918. The molecule has 0 saturated heterocycles. The molecule has 0 aliphatic carbocycles. The van der Waals surface area contributed by atoms with E-state index in [1.54, 1.807) is 7.11 Å². The highest BCUT2D eigenvalue weighted by atomic mass is 32.2. The van der Waals surface area contributed by atoms with Gasteiger partial charge in [0.25, 0.3) is 0 Å². The van der Waals surface area contributed by atoms with E-state index in [0.717, 1.165) is 18.0 Å². The molecule has 1 aromatic rings. The summed E-state index contributed by atoms with van der Waals surface area (Å²) in [5.41, 5.74) is 2.43. The van der Waals surface area contributed by atoms with Crippen molar-refractivity contribution in [3.8, 4) is 5.75 Å². The number of benzene rings is 1. The second-order valence-electron chi connectivity index (χ2n) is 3.30. The van der Waals surface area contributed by atoms with Gasteiger partial charge in [0.2, 0.25) is 0 Å². The van der Waals surface area contributed by atoms with Crippen molar-refractivity contribution >= 4 is 17.4 Å². The molecule has 3 heteroatoms. The first-order valence-electron chi connectivity index (χ1n) is 5.24. The lowest BCUT2D eigenvalue weighted by Gasteiger charge is -2.10. The van der Waals surface area contributed by atoms with Crippen LogP contribution in [-0.4, -0.2) is 25.2 Å². The van der Waals surface area contributed by atoms with Gasteiger partial charge in [0.15, 0.2) is 0 Å². The molecule has 0 amide bonds. The number of methoxy groups -OCH3 is 1. The van der Waals surface area contributed by atoms with E-state index in [1.807, 2.05) is 17.8 Å². The van der Waals surface area contributed by atoms with E-state index in [4.69, 9.17) is 4.74 Å². The zero-order valence-corrected chi connectivity index (χ0v) is 10.5. The third-order valence-corrected chi connectivity index (χ3v) is 3.10. The molecule has 0 aliphatic rings. The van der Waals surface area contributed by atoms with Gasteiger partial charge in [-0.1, -0.05) is 6.92 Å². The highest BCUT2D eigenvalue weighted by Crippen LogP contribution is 2.20. The van der Waals surface area contributed by atoms with Crippen LogP contribution in [0.2, 0.25) is 0 Å². The Hall–Kier alpha value is -0.830. The van der Waals surface area contributed by atoms with Gasteiger partial charge in [0.05, 0.1) is 7.11 Å². The summed E-state index contributed by atoms with van der Waals surface area (Å²) in [4.78, 5) is 0. The molecule has 0 unspecified atom stereocenters. The molecule has 0 fully saturated rings. The third-order valence-electron chi connectivity index (χ3n) is 2.20. The number of ether oxygens (including phenoxy) is 1. The van der Waals surface area contributed by atoms with Crippen LogP contribution in [0.4, 0.5) is 5.69 Å². The number of nitrogens with one attached hydrogen (secondary N) is 1. The molecule has 1 aromatic carbocycles. The molecule has 0 saturated carbocycles. The highest BCUT2D eigenvalue weighted by molar-refractivity contribution is 7.99. The minimum Gasteiger partial charge on any atom is -0.497 e. The summed E-state index contributed by atoms with van der Waals surface area (Å²) in [5, 5.41) is 3.42. The SMILES string of the molecule is CCSCCNc1ccc(OC)cc1C. The molecule has 0 atom stereocenters. The molecule has 1 rings (SSSR count). The van der Waals surface area contributed by atoms with E-state index in [1.165, 1.54) is 17.0 Å². The molecule has 2 nitrogen and oxygen atoms in total. The van der Waals surface area contributed by atoms with Crippen LogP contribution in [0.3, 0.4) is 0 Å². The summed E-state index contributed by atoms with van der Waals surface area (Å²) in [7, 11) is 1.69. The van der Waals surface area contributed by atoms with E-state index < -0.39 is 0 Å². The Balaban J connectivity index is 2.47. The van der Waals surface area contributed by atoms with Gasteiger partial charge in [-0.05, 0) is 36.4 Å². The molecular weight excluding hydrogens is 206 g/mol. The Morgan fingerprint density at radius 1 is 1.40 bits per heavy atom. The number of hydrogen-bond acceptors (Lipinski definition) is 3. The van der Waals surface area contributed by atoms with Crippen LogP contribution in [0.15, 0.2) is 18.2 Å². The van der Waals surface area contributed by atoms with E-state index >= 15 is 0 Å². The maximum atomic E-state index is 5.16. The topological polar surface area (TPSA) is 21.3 Å². The monoisotopic (exact) mass is 225 g/mol. The minimum atomic E-state index is 0.918. The van der Waals surface area contributed by atoms with Gasteiger partial charge in [-0.2, -0.15) is 11.8 Å². The first kappa shape index (κ1) is 12.2. The lowest BCUT2D eigenvalue weighted by molar-refractivity contribution is 0.414. The van der Waals surface area contributed by atoms with Crippen LogP contribution >= 0.6 is 11.8 Å². The molecule has 0 bridgehead atoms. The number of aryl methyl sites for hydroxylation is 1. The van der Waals surface area contributed by atoms with E-state index in [-0.39, 0.29) is 0 Å². The van der Waals surface area contributed by atoms with Gasteiger partial charge in [-0.3, -0.25) is 0 Å². The van der Waals surface area contributed by atoms with Crippen LogP contribution in [0.5, 0.6) is 5.75 Å². The highest BCUT2D eigenvalue weighted by Gasteiger charge is 1.99. The number of anilines is 1. The summed E-state index contributed by atoms with van der Waals surface area (Å²) in [5.74, 6) is 3.26. The first-order valence-corrected chi connectivity index (χ1v) is 6.39. The van der Waals surface area contributed by atoms with Gasteiger partial charge in [0, 0.05) is 18.0 Å². The fourth-order valence-corrected chi connectivity index (χ4v) is 1.90. The lowest BCUT2D eigenvalue weighted by Crippen LogP contribution is -2.05. The normalized spacial score (nSPS) is 10.1. The van der Waals surface area contributed by atoms with Crippen LogP contribution in [0.1, 0.15) is 12.5 Å². The molecule has 0 aromatic heterocycles. The third kappa shape index (κ3) is 4.04. The van der Waals surface area contributed by atoms with E-state index in [2.05, 4.69) is 31.3 Å². The van der Waals surface area contributed by atoms with Crippen molar-refractivity contribution in [3.63, 3.8) is 0 Å². The molecule has 1 N–H and O–H groups in total. The van der Waals surface area contributed by atoms with Crippen LogP contribution in [-0.2, 0) is 0 Å². The van der Waals surface area contributed by atoms with Crippen molar-refractivity contribution in [2.45, 2.75) is 13.8 Å². The zero-order valence-electron chi connectivity index (χ0n) is 9.67. The standard InChI is InChI=1S/C12H19NOS/c1-4-15-8-7-13-12-6-5-11(14-3)9-10(12)2/h5-6,9,13H,4,7-8H2,1-3H3. The van der Waals surface area contributed by atoms with E-state index in [9.17, 15) is 0 Å². The summed E-state index contributed by atoms with van der Waals surface area (Å²) >= 11 is 1.95. The van der Waals surface area contributed by atoms with Crippen molar-refractivity contribution in [2.75, 3.05) is 30.5 Å². The van der Waals surface area contributed by atoms with Gasteiger partial charge < -0.3 is 10.1 Å². The van der Waals surface area contributed by atoms with Gasteiger partial charge >= 0.3 is 0 Å². The van der Waals surface area contributed by atoms with Crippen molar-refractivity contribution in [2.24, 2.45) is 0 Å². The molecule has 15 heavy (non-hydrogen) atoms. The predicted molar refractivity (Wildman–Crippen MR) is 69.2 cm³/mol. The average Bonchev–Trinajstić information content (AvgIpc) is 2.26. The summed E-state index contributed by atoms with van der Waals surface area (Å²) in [6, 6.07) is 6.11. The second-order valence-corrected chi connectivity index (χ2v) is 4.70. The van der Waals surface area contributed by atoms with Crippen LogP contribution in [0.25, 0.3) is 0 Å². The second kappa shape index (κ2) is 6.62. The molecular formula is C12H19NOS. The maximum absolute atomic E-state index is 5.16. The molecule has 0 heterocycles. The van der Waals surface area contributed by atoms with Gasteiger partial charge in [-0.25, -0.2) is 0 Å². The summed E-state index contributed by atoms with van der Waals surface area (Å²) in [6.07, 6.45) is 0. The number of hydrogen-bond donors (Lipinski definition) is 1. The van der Waals surface area contributed by atoms with Crippen LogP contribution < -0.4 is 10.1 Å². The van der Waals surface area contributed by atoms with Crippen molar-refractivity contribution in [3.05, 3.63) is 23.8 Å². The Kier molecular flexibility index (Phi) is 5.40. The zero-order chi connectivity index (χ0) is 11.1. The summed E-state index contributed by atoms with van der Waals surface area (Å²) in [6.45, 7) is 5.30. The van der Waals surface area contributed by atoms with E-state index in [0.29, 0.717) is 0 Å². The Morgan fingerprint density at radius 2 is 2.20 bits per heavy atom. The summed E-state index contributed by atoms with van der Waals surface area (Å²) < 4.78 is 5.16. The largest absolute Gasteiger partial charge is 0.497 e. The average molecular weight is 225 g/mol. The Morgan fingerprint density at radius 3 is 2.80 bits per heavy atom. The number of rotatable bonds is 6. The Labute approximate surface area is 96.4 Å². The number of thioether (sulfide) groups is 1. The Bertz CT molecular complexity index is 302. The smallest absolute Gasteiger partial charge is 0.119 e. The lowest BCUT2D eigenvalue weighted by atomic mass is 10.2. The molecule has 84 valence electrons. The maximum Gasteiger partial charge on any atom is 0.119 e. The van der Waals surface area contributed by atoms with Crippen molar-refractivity contribution < 1.29 is 4.74 Å². The quantitative estimate of drug-likeness (QED) is 0.751. The van der Waals surface area contributed by atoms with Gasteiger partial charge in [0.1, 0.15) is 5.75 Å². The molecule has 0 radical (unpaired) electrons. The molecule has 0 aliphatic heterocycles. The van der Waals surface area contributed by atoms with Crippen LogP contribution in [0, 0.1) is 6.92 Å². The van der Waals surface area contributed by atoms with Crippen molar-refractivity contribution in [1.29, 1.82) is 0 Å². The predicted octanol–water partition coefficient (Wildman–Crippen LogP) is 3.17.